The molecule has 6 nitrogen and oxygen atoms in total. The van der Waals surface area contributed by atoms with Crippen LogP contribution in [-0.4, -0.2) is 24.9 Å². The molecule has 4 aromatic heterocycles. The molecular formula is C15H13N5OS3. The Morgan fingerprint density at radius 1 is 1.12 bits per heavy atom. The lowest BCUT2D eigenvalue weighted by Gasteiger charge is -2.04. The average Bonchev–Trinajstić information content (AvgIpc) is 3.40. The molecule has 0 atom stereocenters. The van der Waals surface area contributed by atoms with Gasteiger partial charge >= 0.3 is 0 Å². The zero-order valence-corrected chi connectivity index (χ0v) is 15.2. The van der Waals surface area contributed by atoms with Crippen LogP contribution in [0.3, 0.4) is 0 Å². The standard InChI is InChI=1S/C15H13N5OS3/c1-2-20-13(10-5-3-7-22-10)17-18-15(20)24-9-12-16-14(21-19-12)11-6-4-8-23-11/h3-8H,2,9H2,1H3. The highest BCUT2D eigenvalue weighted by Gasteiger charge is 2.16. The van der Waals surface area contributed by atoms with Crippen LogP contribution in [0.4, 0.5) is 0 Å². The molecule has 0 bridgehead atoms. The van der Waals surface area contributed by atoms with Crippen LogP contribution < -0.4 is 0 Å². The monoisotopic (exact) mass is 375 g/mol. The van der Waals surface area contributed by atoms with Crippen molar-refractivity contribution in [1.29, 1.82) is 0 Å². The third-order valence-corrected chi connectivity index (χ3v) is 5.99. The maximum Gasteiger partial charge on any atom is 0.268 e. The van der Waals surface area contributed by atoms with E-state index in [0.717, 1.165) is 27.3 Å². The molecule has 0 saturated heterocycles. The van der Waals surface area contributed by atoms with Crippen LogP contribution >= 0.6 is 34.4 Å². The van der Waals surface area contributed by atoms with Crippen LogP contribution in [0, 0.1) is 0 Å². The first kappa shape index (κ1) is 15.6. The Bertz CT molecular complexity index is 911. The lowest BCUT2D eigenvalue weighted by molar-refractivity contribution is 0.426. The van der Waals surface area contributed by atoms with Crippen LogP contribution in [0.1, 0.15) is 12.7 Å². The number of hydrogen-bond donors (Lipinski definition) is 0. The molecule has 4 rings (SSSR count). The number of nitrogens with zero attached hydrogens (tertiary/aromatic N) is 5. The van der Waals surface area contributed by atoms with Gasteiger partial charge in [-0.3, -0.25) is 0 Å². The minimum absolute atomic E-state index is 0.567. The van der Waals surface area contributed by atoms with E-state index in [4.69, 9.17) is 4.52 Å². The molecule has 4 heterocycles. The van der Waals surface area contributed by atoms with Crippen LogP contribution in [0.25, 0.3) is 21.5 Å². The van der Waals surface area contributed by atoms with Gasteiger partial charge in [0.1, 0.15) is 0 Å². The minimum atomic E-state index is 0.567. The average molecular weight is 376 g/mol. The Labute approximate surface area is 150 Å². The highest BCUT2D eigenvalue weighted by atomic mass is 32.2. The van der Waals surface area contributed by atoms with Gasteiger partial charge in [-0.1, -0.05) is 29.1 Å². The maximum absolute atomic E-state index is 5.31. The van der Waals surface area contributed by atoms with Crippen LogP contribution in [-0.2, 0) is 12.3 Å². The van der Waals surface area contributed by atoms with E-state index >= 15 is 0 Å². The molecule has 0 spiro atoms. The van der Waals surface area contributed by atoms with E-state index in [0.29, 0.717) is 17.5 Å². The number of rotatable bonds is 6. The van der Waals surface area contributed by atoms with Gasteiger partial charge in [0.2, 0.25) is 0 Å². The van der Waals surface area contributed by atoms with Gasteiger partial charge in [-0.2, -0.15) is 4.98 Å². The summed E-state index contributed by atoms with van der Waals surface area (Å²) in [6, 6.07) is 8.01. The molecule has 9 heteroatoms. The molecule has 0 aromatic carbocycles. The lowest BCUT2D eigenvalue weighted by atomic mass is 10.4. The zero-order chi connectivity index (χ0) is 16.4. The van der Waals surface area contributed by atoms with Gasteiger partial charge in [0.15, 0.2) is 16.8 Å². The topological polar surface area (TPSA) is 69.6 Å². The van der Waals surface area contributed by atoms with Gasteiger partial charge in [-0.15, -0.1) is 32.9 Å². The third-order valence-electron chi connectivity index (χ3n) is 3.31. The molecule has 0 fully saturated rings. The van der Waals surface area contributed by atoms with Gasteiger partial charge < -0.3 is 9.09 Å². The van der Waals surface area contributed by atoms with Crippen molar-refractivity contribution in [3.8, 4) is 21.5 Å². The van der Waals surface area contributed by atoms with Crippen molar-refractivity contribution < 1.29 is 4.52 Å². The molecule has 0 aliphatic rings. The Morgan fingerprint density at radius 3 is 2.62 bits per heavy atom. The van der Waals surface area contributed by atoms with E-state index in [1.165, 1.54) is 0 Å². The highest BCUT2D eigenvalue weighted by Crippen LogP contribution is 2.29. The summed E-state index contributed by atoms with van der Waals surface area (Å²) in [5.74, 6) is 2.73. The largest absolute Gasteiger partial charge is 0.333 e. The summed E-state index contributed by atoms with van der Waals surface area (Å²) in [5.41, 5.74) is 0. The maximum atomic E-state index is 5.31. The van der Waals surface area contributed by atoms with Crippen LogP contribution in [0.15, 0.2) is 44.7 Å². The molecule has 0 amide bonds. The van der Waals surface area contributed by atoms with Gasteiger partial charge in [0.25, 0.3) is 5.89 Å². The summed E-state index contributed by atoms with van der Waals surface area (Å²) in [6.45, 7) is 2.91. The van der Waals surface area contributed by atoms with Crippen molar-refractivity contribution in [1.82, 2.24) is 24.9 Å². The predicted molar refractivity (Wildman–Crippen MR) is 96.2 cm³/mol. The normalized spacial score (nSPS) is 11.2. The van der Waals surface area contributed by atoms with E-state index in [9.17, 15) is 0 Å². The smallest absolute Gasteiger partial charge is 0.268 e. The summed E-state index contributed by atoms with van der Waals surface area (Å²) in [6.07, 6.45) is 0. The number of thioether (sulfide) groups is 1. The Balaban J connectivity index is 1.50. The van der Waals surface area contributed by atoms with Gasteiger partial charge in [0, 0.05) is 6.54 Å². The fraction of sp³-hybridized carbons (Fsp3) is 0.200. The number of thiophene rings is 2. The molecule has 0 saturated carbocycles. The second kappa shape index (κ2) is 6.88. The molecule has 0 radical (unpaired) electrons. The lowest BCUT2D eigenvalue weighted by Crippen LogP contribution is -1.99. The van der Waals surface area contributed by atoms with E-state index in [2.05, 4.69) is 37.9 Å². The van der Waals surface area contributed by atoms with Crippen molar-refractivity contribution in [2.75, 3.05) is 0 Å². The summed E-state index contributed by atoms with van der Waals surface area (Å²) in [7, 11) is 0. The first-order valence-electron chi connectivity index (χ1n) is 7.31. The predicted octanol–water partition coefficient (Wildman–Crippen LogP) is 4.43. The number of hydrogen-bond acceptors (Lipinski definition) is 8. The molecular weight excluding hydrogens is 362 g/mol. The van der Waals surface area contributed by atoms with Crippen molar-refractivity contribution in [3.05, 3.63) is 40.8 Å². The second-order valence-corrected chi connectivity index (χ2v) is 7.65. The van der Waals surface area contributed by atoms with Crippen molar-refractivity contribution >= 4 is 34.4 Å². The molecule has 4 aromatic rings. The SMILES string of the molecule is CCn1c(SCc2noc(-c3cccs3)n2)nnc1-c1cccs1. The first-order chi connectivity index (χ1) is 11.8. The number of aromatic nitrogens is 5. The summed E-state index contributed by atoms with van der Waals surface area (Å²) >= 11 is 4.81. The summed E-state index contributed by atoms with van der Waals surface area (Å²) in [4.78, 5) is 6.54. The van der Waals surface area contributed by atoms with Crippen molar-refractivity contribution in [2.24, 2.45) is 0 Å². The fourth-order valence-electron chi connectivity index (χ4n) is 2.21. The Morgan fingerprint density at radius 2 is 1.92 bits per heavy atom. The van der Waals surface area contributed by atoms with E-state index in [-0.39, 0.29) is 0 Å². The molecule has 0 unspecified atom stereocenters. The molecule has 122 valence electrons. The first-order valence-corrected chi connectivity index (χ1v) is 10.1. The van der Waals surface area contributed by atoms with E-state index in [1.807, 2.05) is 29.0 Å². The molecule has 0 aliphatic carbocycles. The fourth-order valence-corrected chi connectivity index (χ4v) is 4.42. The van der Waals surface area contributed by atoms with Crippen LogP contribution in [0.5, 0.6) is 0 Å². The Hall–Kier alpha value is -1.97. The van der Waals surface area contributed by atoms with E-state index < -0.39 is 0 Å². The molecule has 24 heavy (non-hydrogen) atoms. The summed E-state index contributed by atoms with van der Waals surface area (Å²) < 4.78 is 7.42. The minimum Gasteiger partial charge on any atom is -0.333 e. The highest BCUT2D eigenvalue weighted by molar-refractivity contribution is 7.98. The quantitative estimate of drug-likeness (QED) is 0.464. The zero-order valence-electron chi connectivity index (χ0n) is 12.7. The molecule has 0 aliphatic heterocycles. The third kappa shape index (κ3) is 3.02. The second-order valence-electron chi connectivity index (χ2n) is 4.81. The van der Waals surface area contributed by atoms with Gasteiger partial charge in [-0.05, 0) is 29.8 Å². The van der Waals surface area contributed by atoms with Crippen LogP contribution in [0.2, 0.25) is 0 Å². The summed E-state index contributed by atoms with van der Waals surface area (Å²) in [5, 5.41) is 17.6. The van der Waals surface area contributed by atoms with Crippen molar-refractivity contribution in [2.45, 2.75) is 24.4 Å². The molecule has 0 N–H and O–H groups in total. The Kier molecular flexibility index (Phi) is 4.46. The van der Waals surface area contributed by atoms with Gasteiger partial charge in [0.05, 0.1) is 15.5 Å². The van der Waals surface area contributed by atoms with Gasteiger partial charge in [-0.25, -0.2) is 0 Å². The van der Waals surface area contributed by atoms with E-state index in [1.54, 1.807) is 34.4 Å². The van der Waals surface area contributed by atoms with Crippen molar-refractivity contribution in [3.63, 3.8) is 0 Å².